The van der Waals surface area contributed by atoms with Crippen LogP contribution in [0.3, 0.4) is 0 Å². The van der Waals surface area contributed by atoms with E-state index < -0.39 is 0 Å². The summed E-state index contributed by atoms with van der Waals surface area (Å²) in [4.78, 5) is 24.3. The van der Waals surface area contributed by atoms with Crippen molar-refractivity contribution < 1.29 is 23.8 Å². The van der Waals surface area contributed by atoms with Crippen LogP contribution in [0.1, 0.15) is 35.3 Å². The molecule has 0 aliphatic rings. The second kappa shape index (κ2) is 12.1. The van der Waals surface area contributed by atoms with Crippen LogP contribution in [0.5, 0.6) is 17.2 Å². The molecule has 0 heterocycles. The SMILES string of the molecule is C#CCOc1ccccc1/C=C/C(=O)c1cc(OCC)c(OC)cc1CCNC(C)=O. The van der Waals surface area contributed by atoms with Crippen LogP contribution in [0.2, 0.25) is 0 Å². The van der Waals surface area contributed by atoms with Crippen LogP contribution in [0, 0.1) is 12.3 Å². The van der Waals surface area contributed by atoms with Crippen molar-refractivity contribution >= 4 is 17.8 Å². The maximum Gasteiger partial charge on any atom is 0.216 e. The highest BCUT2D eigenvalue weighted by Crippen LogP contribution is 2.32. The quantitative estimate of drug-likeness (QED) is 0.340. The highest BCUT2D eigenvalue weighted by Gasteiger charge is 2.16. The monoisotopic (exact) mass is 421 g/mol. The van der Waals surface area contributed by atoms with Gasteiger partial charge in [-0.15, -0.1) is 6.42 Å². The molecule has 2 aromatic carbocycles. The lowest BCUT2D eigenvalue weighted by Crippen LogP contribution is -2.23. The molecule has 0 spiro atoms. The van der Waals surface area contributed by atoms with E-state index in [9.17, 15) is 9.59 Å². The minimum absolute atomic E-state index is 0.130. The van der Waals surface area contributed by atoms with Gasteiger partial charge in [-0.05, 0) is 49.3 Å². The number of methoxy groups -OCH3 is 1. The van der Waals surface area contributed by atoms with Crippen LogP contribution in [0.4, 0.5) is 0 Å². The Hall–Kier alpha value is -3.72. The molecule has 0 aliphatic carbocycles. The van der Waals surface area contributed by atoms with Crippen LogP contribution >= 0.6 is 0 Å². The number of amides is 1. The van der Waals surface area contributed by atoms with Crippen LogP contribution in [0.25, 0.3) is 6.08 Å². The molecule has 0 radical (unpaired) electrons. The Morgan fingerprint density at radius 3 is 2.58 bits per heavy atom. The van der Waals surface area contributed by atoms with Crippen molar-refractivity contribution in [2.75, 3.05) is 26.9 Å². The van der Waals surface area contributed by atoms with Crippen LogP contribution in [-0.2, 0) is 11.2 Å². The first kappa shape index (κ1) is 23.6. The van der Waals surface area contributed by atoms with Gasteiger partial charge in [0.25, 0.3) is 0 Å². The number of terminal acetylenes is 1. The molecule has 0 unspecified atom stereocenters. The van der Waals surface area contributed by atoms with Gasteiger partial charge >= 0.3 is 0 Å². The molecule has 1 N–H and O–H groups in total. The lowest BCUT2D eigenvalue weighted by molar-refractivity contribution is -0.118. The lowest BCUT2D eigenvalue weighted by Gasteiger charge is -2.15. The van der Waals surface area contributed by atoms with Crippen molar-refractivity contribution in [3.05, 3.63) is 59.2 Å². The predicted octanol–water partition coefficient (Wildman–Crippen LogP) is 3.68. The van der Waals surface area contributed by atoms with Gasteiger partial charge in [-0.3, -0.25) is 9.59 Å². The molecule has 0 aliphatic heterocycles. The van der Waals surface area contributed by atoms with E-state index in [1.165, 1.54) is 13.0 Å². The van der Waals surface area contributed by atoms with Crippen LogP contribution in [0.15, 0.2) is 42.5 Å². The number of rotatable bonds is 11. The van der Waals surface area contributed by atoms with Crippen molar-refractivity contribution in [3.63, 3.8) is 0 Å². The molecule has 0 saturated carbocycles. The number of para-hydroxylation sites is 1. The van der Waals surface area contributed by atoms with E-state index in [1.54, 1.807) is 31.4 Å². The summed E-state index contributed by atoms with van der Waals surface area (Å²) >= 11 is 0. The van der Waals surface area contributed by atoms with Crippen molar-refractivity contribution in [1.29, 1.82) is 0 Å². The molecule has 0 atom stereocenters. The van der Waals surface area contributed by atoms with Crippen molar-refractivity contribution in [1.82, 2.24) is 5.32 Å². The third kappa shape index (κ3) is 6.93. The molecule has 0 saturated heterocycles. The largest absolute Gasteiger partial charge is 0.493 e. The number of nitrogens with one attached hydrogen (secondary N) is 1. The summed E-state index contributed by atoms with van der Waals surface area (Å²) in [5, 5.41) is 2.75. The molecule has 31 heavy (non-hydrogen) atoms. The second-order valence-electron chi connectivity index (χ2n) is 6.55. The molecule has 6 nitrogen and oxygen atoms in total. The van der Waals surface area contributed by atoms with E-state index in [4.69, 9.17) is 20.6 Å². The fourth-order valence-corrected chi connectivity index (χ4v) is 2.96. The summed E-state index contributed by atoms with van der Waals surface area (Å²) in [6, 6.07) is 10.8. The normalized spacial score (nSPS) is 10.4. The van der Waals surface area contributed by atoms with Gasteiger partial charge in [-0.25, -0.2) is 0 Å². The van der Waals surface area contributed by atoms with Gasteiger partial charge in [0, 0.05) is 24.6 Å². The van der Waals surface area contributed by atoms with Crippen LogP contribution in [-0.4, -0.2) is 38.6 Å². The van der Waals surface area contributed by atoms with Gasteiger partial charge in [-0.2, -0.15) is 0 Å². The number of allylic oxidation sites excluding steroid dienone is 1. The maximum absolute atomic E-state index is 13.1. The standard InChI is InChI=1S/C25H27NO5/c1-5-15-31-23-10-8-7-9-19(23)11-12-22(28)21-17-25(30-6-2)24(29-4)16-20(21)13-14-26-18(3)27/h1,7-12,16-17H,6,13-15H2,2-4H3,(H,26,27)/b12-11+. The number of carbonyl (C=O) groups is 2. The van der Waals surface area contributed by atoms with Crippen molar-refractivity contribution in [2.45, 2.75) is 20.3 Å². The number of hydrogen-bond acceptors (Lipinski definition) is 5. The Balaban J connectivity index is 2.36. The van der Waals surface area contributed by atoms with Crippen LogP contribution < -0.4 is 19.5 Å². The maximum atomic E-state index is 13.1. The lowest BCUT2D eigenvalue weighted by atomic mass is 9.98. The van der Waals surface area contributed by atoms with E-state index in [-0.39, 0.29) is 18.3 Å². The summed E-state index contributed by atoms with van der Waals surface area (Å²) in [5.41, 5.74) is 1.97. The third-order valence-electron chi connectivity index (χ3n) is 4.37. The number of carbonyl (C=O) groups excluding carboxylic acids is 2. The van der Waals surface area contributed by atoms with Crippen molar-refractivity contribution in [3.8, 4) is 29.6 Å². The molecule has 1 amide bonds. The molecular weight excluding hydrogens is 394 g/mol. The van der Waals surface area contributed by atoms with Gasteiger partial charge in [0.15, 0.2) is 17.3 Å². The van der Waals surface area contributed by atoms with Gasteiger partial charge in [0.1, 0.15) is 12.4 Å². The van der Waals surface area contributed by atoms with E-state index >= 15 is 0 Å². The number of benzene rings is 2. The summed E-state index contributed by atoms with van der Waals surface area (Å²) in [7, 11) is 1.55. The molecule has 2 aromatic rings. The molecule has 6 heteroatoms. The molecule has 2 rings (SSSR count). The zero-order valence-corrected chi connectivity index (χ0v) is 18.1. The Morgan fingerprint density at radius 2 is 1.90 bits per heavy atom. The summed E-state index contributed by atoms with van der Waals surface area (Å²) in [5.74, 6) is 3.72. The zero-order valence-electron chi connectivity index (χ0n) is 18.1. The minimum Gasteiger partial charge on any atom is -0.493 e. The molecular formula is C25H27NO5. The van der Waals surface area contributed by atoms with Gasteiger partial charge < -0.3 is 19.5 Å². The van der Waals surface area contributed by atoms with Gasteiger partial charge in [0.2, 0.25) is 5.91 Å². The number of ether oxygens (including phenoxy) is 3. The Morgan fingerprint density at radius 1 is 1.13 bits per heavy atom. The number of ketones is 1. The summed E-state index contributed by atoms with van der Waals surface area (Å²) < 4.78 is 16.6. The molecule has 0 bridgehead atoms. The van der Waals surface area contributed by atoms with Gasteiger partial charge in [-0.1, -0.05) is 24.1 Å². The molecule has 162 valence electrons. The predicted molar refractivity (Wildman–Crippen MR) is 121 cm³/mol. The fraction of sp³-hybridized carbons (Fsp3) is 0.280. The first-order valence-corrected chi connectivity index (χ1v) is 9.96. The smallest absolute Gasteiger partial charge is 0.216 e. The van der Waals surface area contributed by atoms with Crippen molar-refractivity contribution in [2.24, 2.45) is 0 Å². The summed E-state index contributed by atoms with van der Waals surface area (Å²) in [6.07, 6.45) is 8.91. The highest BCUT2D eigenvalue weighted by atomic mass is 16.5. The van der Waals surface area contributed by atoms with Gasteiger partial charge in [0.05, 0.1) is 13.7 Å². The molecule has 0 fully saturated rings. The second-order valence-corrected chi connectivity index (χ2v) is 6.55. The average Bonchev–Trinajstić information content (AvgIpc) is 2.77. The summed E-state index contributed by atoms with van der Waals surface area (Å²) in [6.45, 7) is 4.29. The van der Waals surface area contributed by atoms with E-state index in [0.717, 1.165) is 11.1 Å². The van der Waals surface area contributed by atoms with E-state index in [2.05, 4.69) is 11.2 Å². The van der Waals surface area contributed by atoms with E-state index in [1.807, 2.05) is 25.1 Å². The first-order chi connectivity index (χ1) is 15.0. The fourth-order valence-electron chi connectivity index (χ4n) is 2.96. The highest BCUT2D eigenvalue weighted by molar-refractivity contribution is 6.08. The Kier molecular flexibility index (Phi) is 9.18. The number of hydrogen-bond donors (Lipinski definition) is 1. The third-order valence-corrected chi connectivity index (χ3v) is 4.37. The topological polar surface area (TPSA) is 73.9 Å². The first-order valence-electron chi connectivity index (χ1n) is 9.96. The average molecular weight is 421 g/mol. The Labute approximate surface area is 183 Å². The molecule has 0 aromatic heterocycles. The Bertz CT molecular complexity index is 988. The zero-order chi connectivity index (χ0) is 22.6. The minimum atomic E-state index is -0.201. The van der Waals surface area contributed by atoms with E-state index in [0.29, 0.717) is 42.4 Å².